The number of carbonyl (C=O) groups is 1. The lowest BCUT2D eigenvalue weighted by atomic mass is 10.1. The zero-order valence-electron chi connectivity index (χ0n) is 13.2. The number of rotatable bonds is 4. The van der Waals surface area contributed by atoms with Gasteiger partial charge in [-0.1, -0.05) is 12.1 Å². The third-order valence-corrected chi connectivity index (χ3v) is 3.95. The lowest BCUT2D eigenvalue weighted by Gasteiger charge is -2.17. The second-order valence-corrected chi connectivity index (χ2v) is 5.77. The molecule has 1 amide bonds. The number of hydrogen-bond donors (Lipinski definition) is 0. The molecule has 0 bridgehead atoms. The molecule has 0 saturated carbocycles. The van der Waals surface area contributed by atoms with E-state index in [-0.39, 0.29) is 24.4 Å². The fourth-order valence-corrected chi connectivity index (χ4v) is 2.64. The van der Waals surface area contributed by atoms with E-state index in [2.05, 4.69) is 9.97 Å². The van der Waals surface area contributed by atoms with Crippen molar-refractivity contribution in [3.8, 4) is 6.01 Å². The highest BCUT2D eigenvalue weighted by Crippen LogP contribution is 2.29. The SMILES string of the molecule is O=C(Cc1ccc(C(F)(F)F)cc1)N1CC[C@@H](Oc2ncccn2)C1. The summed E-state index contributed by atoms with van der Waals surface area (Å²) in [5.74, 6) is -0.139. The van der Waals surface area contributed by atoms with Crippen LogP contribution in [-0.2, 0) is 17.4 Å². The van der Waals surface area contributed by atoms with Gasteiger partial charge in [0.05, 0.1) is 18.5 Å². The Morgan fingerprint density at radius 3 is 2.52 bits per heavy atom. The summed E-state index contributed by atoms with van der Waals surface area (Å²) in [6.07, 6.45) is -0.681. The van der Waals surface area contributed by atoms with E-state index in [0.717, 1.165) is 12.1 Å². The Kier molecular flexibility index (Phi) is 4.87. The van der Waals surface area contributed by atoms with Gasteiger partial charge in [-0.2, -0.15) is 13.2 Å². The standard InChI is InChI=1S/C17H16F3N3O2/c18-17(19,20)13-4-2-12(3-5-13)10-15(24)23-9-6-14(11-23)25-16-21-7-1-8-22-16/h1-5,7-8,14H,6,9-11H2/t14-/m1/s1. The molecule has 1 atom stereocenters. The minimum Gasteiger partial charge on any atom is -0.458 e. The van der Waals surface area contributed by atoms with Crippen LogP contribution >= 0.6 is 0 Å². The van der Waals surface area contributed by atoms with E-state index in [1.807, 2.05) is 0 Å². The van der Waals surface area contributed by atoms with Crippen LogP contribution in [0, 0.1) is 0 Å². The van der Waals surface area contributed by atoms with Crippen LogP contribution in [0.15, 0.2) is 42.7 Å². The molecule has 2 aromatic rings. The molecule has 0 unspecified atom stereocenters. The second-order valence-electron chi connectivity index (χ2n) is 5.77. The Morgan fingerprint density at radius 2 is 1.88 bits per heavy atom. The lowest BCUT2D eigenvalue weighted by Crippen LogP contribution is -2.32. The Morgan fingerprint density at radius 1 is 1.20 bits per heavy atom. The first-order chi connectivity index (χ1) is 11.9. The van der Waals surface area contributed by atoms with Crippen molar-refractivity contribution in [2.24, 2.45) is 0 Å². The highest BCUT2D eigenvalue weighted by Gasteiger charge is 2.31. The number of halogens is 3. The van der Waals surface area contributed by atoms with Crippen molar-refractivity contribution in [2.75, 3.05) is 13.1 Å². The Hall–Kier alpha value is -2.64. The molecular formula is C17H16F3N3O2. The number of alkyl halides is 3. The third-order valence-electron chi connectivity index (χ3n) is 3.95. The molecule has 0 aliphatic carbocycles. The van der Waals surface area contributed by atoms with Crippen molar-refractivity contribution in [3.05, 3.63) is 53.9 Å². The fraction of sp³-hybridized carbons (Fsp3) is 0.353. The predicted molar refractivity (Wildman–Crippen MR) is 82.8 cm³/mol. The maximum atomic E-state index is 12.6. The highest BCUT2D eigenvalue weighted by atomic mass is 19.4. The summed E-state index contributed by atoms with van der Waals surface area (Å²) in [4.78, 5) is 21.9. The molecular weight excluding hydrogens is 335 g/mol. The minimum atomic E-state index is -4.37. The number of aromatic nitrogens is 2. The summed E-state index contributed by atoms with van der Waals surface area (Å²) in [7, 11) is 0. The Bertz CT molecular complexity index is 720. The van der Waals surface area contributed by atoms with E-state index < -0.39 is 11.7 Å². The van der Waals surface area contributed by atoms with Crippen LogP contribution in [0.25, 0.3) is 0 Å². The van der Waals surface area contributed by atoms with Gasteiger partial charge in [-0.15, -0.1) is 0 Å². The summed E-state index contributed by atoms with van der Waals surface area (Å²) < 4.78 is 43.3. The molecule has 1 aliphatic heterocycles. The number of carbonyl (C=O) groups excluding carboxylic acids is 1. The average Bonchev–Trinajstić information content (AvgIpc) is 3.04. The molecule has 1 fully saturated rings. The van der Waals surface area contributed by atoms with Crippen molar-refractivity contribution in [3.63, 3.8) is 0 Å². The van der Waals surface area contributed by atoms with Crippen molar-refractivity contribution in [1.29, 1.82) is 0 Å². The van der Waals surface area contributed by atoms with Gasteiger partial charge in [0.2, 0.25) is 5.91 Å². The van der Waals surface area contributed by atoms with Gasteiger partial charge in [0, 0.05) is 25.4 Å². The third kappa shape index (κ3) is 4.46. The summed E-state index contributed by atoms with van der Waals surface area (Å²) in [6.45, 7) is 0.953. The van der Waals surface area contributed by atoms with Gasteiger partial charge in [-0.05, 0) is 23.8 Å². The van der Waals surface area contributed by atoms with Gasteiger partial charge in [-0.3, -0.25) is 4.79 Å². The molecule has 8 heteroatoms. The second kappa shape index (κ2) is 7.08. The van der Waals surface area contributed by atoms with E-state index in [9.17, 15) is 18.0 Å². The lowest BCUT2D eigenvalue weighted by molar-refractivity contribution is -0.137. The summed E-state index contributed by atoms with van der Waals surface area (Å²) in [5, 5.41) is 0. The summed E-state index contributed by atoms with van der Waals surface area (Å²) in [6, 6.07) is 6.60. The topological polar surface area (TPSA) is 55.3 Å². The van der Waals surface area contributed by atoms with E-state index in [1.165, 1.54) is 12.1 Å². The molecule has 0 N–H and O–H groups in total. The maximum Gasteiger partial charge on any atom is 0.416 e. The van der Waals surface area contributed by atoms with E-state index >= 15 is 0 Å². The molecule has 1 saturated heterocycles. The summed E-state index contributed by atoms with van der Waals surface area (Å²) >= 11 is 0. The maximum absolute atomic E-state index is 12.6. The van der Waals surface area contributed by atoms with E-state index in [1.54, 1.807) is 23.4 Å². The number of ether oxygens (including phenoxy) is 1. The first-order valence-electron chi connectivity index (χ1n) is 7.79. The van der Waals surface area contributed by atoms with E-state index in [4.69, 9.17) is 4.74 Å². The summed E-state index contributed by atoms with van der Waals surface area (Å²) in [5.41, 5.74) is -0.171. The van der Waals surface area contributed by atoms with Gasteiger partial charge in [0.1, 0.15) is 6.10 Å². The molecule has 0 spiro atoms. The van der Waals surface area contributed by atoms with Gasteiger partial charge < -0.3 is 9.64 Å². The van der Waals surface area contributed by atoms with Crippen LogP contribution in [0.5, 0.6) is 6.01 Å². The largest absolute Gasteiger partial charge is 0.458 e. The smallest absolute Gasteiger partial charge is 0.416 e. The molecule has 1 aromatic carbocycles. The van der Waals surface area contributed by atoms with Gasteiger partial charge in [-0.25, -0.2) is 9.97 Å². The van der Waals surface area contributed by atoms with Crippen molar-refractivity contribution in [2.45, 2.75) is 25.1 Å². The molecule has 1 aliphatic rings. The van der Waals surface area contributed by atoms with Crippen LogP contribution < -0.4 is 4.74 Å². The highest BCUT2D eigenvalue weighted by molar-refractivity contribution is 5.79. The minimum absolute atomic E-state index is 0.0622. The monoisotopic (exact) mass is 351 g/mol. The van der Waals surface area contributed by atoms with Crippen LogP contribution in [0.3, 0.4) is 0 Å². The first-order valence-corrected chi connectivity index (χ1v) is 7.79. The van der Waals surface area contributed by atoms with Crippen LogP contribution in [-0.4, -0.2) is 40.0 Å². The normalized spacial score (nSPS) is 17.6. The zero-order valence-corrected chi connectivity index (χ0v) is 13.2. The molecule has 25 heavy (non-hydrogen) atoms. The zero-order chi connectivity index (χ0) is 17.9. The molecule has 5 nitrogen and oxygen atoms in total. The number of benzene rings is 1. The van der Waals surface area contributed by atoms with Gasteiger partial charge >= 0.3 is 12.2 Å². The van der Waals surface area contributed by atoms with Crippen LogP contribution in [0.4, 0.5) is 13.2 Å². The van der Waals surface area contributed by atoms with Gasteiger partial charge in [0.15, 0.2) is 0 Å². The number of likely N-dealkylation sites (tertiary alicyclic amines) is 1. The average molecular weight is 351 g/mol. The van der Waals surface area contributed by atoms with Crippen LogP contribution in [0.2, 0.25) is 0 Å². The van der Waals surface area contributed by atoms with Crippen molar-refractivity contribution >= 4 is 5.91 Å². The molecule has 0 radical (unpaired) electrons. The number of nitrogens with zero attached hydrogens (tertiary/aromatic N) is 3. The van der Waals surface area contributed by atoms with Crippen molar-refractivity contribution < 1.29 is 22.7 Å². The van der Waals surface area contributed by atoms with E-state index in [0.29, 0.717) is 25.1 Å². The predicted octanol–water partition coefficient (Wildman–Crippen LogP) is 2.72. The first kappa shape index (κ1) is 17.2. The molecule has 132 valence electrons. The molecule has 2 heterocycles. The number of hydrogen-bond acceptors (Lipinski definition) is 4. The number of amides is 1. The van der Waals surface area contributed by atoms with Crippen LogP contribution in [0.1, 0.15) is 17.5 Å². The Balaban J connectivity index is 1.54. The molecule has 3 rings (SSSR count). The van der Waals surface area contributed by atoms with Gasteiger partial charge in [0.25, 0.3) is 0 Å². The fourth-order valence-electron chi connectivity index (χ4n) is 2.64. The molecule has 1 aromatic heterocycles. The quantitative estimate of drug-likeness (QED) is 0.850. The van der Waals surface area contributed by atoms with Crippen molar-refractivity contribution in [1.82, 2.24) is 14.9 Å². The Labute approximate surface area is 142 Å².